The molecule has 1 aliphatic carbocycles. The van der Waals surface area contributed by atoms with Crippen molar-refractivity contribution in [1.29, 1.82) is 0 Å². The Kier molecular flexibility index (Phi) is 4.60. The molecular formula is C19H23N5O3S. The summed E-state index contributed by atoms with van der Waals surface area (Å²) in [7, 11) is -3.73. The Balaban J connectivity index is 1.67. The number of hydrogen-bond donors (Lipinski definition) is 4. The van der Waals surface area contributed by atoms with Crippen LogP contribution in [0.3, 0.4) is 0 Å². The van der Waals surface area contributed by atoms with Gasteiger partial charge in [-0.1, -0.05) is 18.9 Å². The fraction of sp³-hybridized carbons (Fsp3) is 0.368. The van der Waals surface area contributed by atoms with Crippen LogP contribution in [-0.2, 0) is 10.0 Å². The van der Waals surface area contributed by atoms with E-state index < -0.39 is 15.6 Å². The van der Waals surface area contributed by atoms with Crippen LogP contribution in [-0.4, -0.2) is 40.9 Å². The Morgan fingerprint density at radius 3 is 2.68 bits per heavy atom. The summed E-state index contributed by atoms with van der Waals surface area (Å²) in [5, 5.41) is 16.5. The van der Waals surface area contributed by atoms with E-state index in [0.29, 0.717) is 29.9 Å². The van der Waals surface area contributed by atoms with Crippen LogP contribution in [0.25, 0.3) is 22.3 Å². The summed E-state index contributed by atoms with van der Waals surface area (Å²) in [6.07, 6.45) is 3.12. The van der Waals surface area contributed by atoms with Gasteiger partial charge in [-0.2, -0.15) is 5.10 Å². The average molecular weight is 401 g/mol. The van der Waals surface area contributed by atoms with Crippen molar-refractivity contribution in [3.05, 3.63) is 35.9 Å². The second kappa shape index (κ2) is 6.84. The van der Waals surface area contributed by atoms with Gasteiger partial charge in [-0.25, -0.2) is 18.1 Å². The van der Waals surface area contributed by atoms with Crippen molar-refractivity contribution < 1.29 is 13.5 Å². The number of anilines is 1. The normalized spacial score (nSPS) is 16.6. The standard InChI is InChI=1S/C19H23N5O3S/c1-12-10-13(28(26,27)24-19(11-25)8-2-3-9-19)4-5-14(12)15-6-7-16-17(21-15)18(20)23-22-16/h4-7,10,24-25H,2-3,8-9,11H2,1H3,(H3,20,22,23). The molecule has 0 spiro atoms. The molecule has 4 rings (SSSR count). The maximum absolute atomic E-state index is 12.9. The number of aryl methyl sites for hydroxylation is 1. The van der Waals surface area contributed by atoms with E-state index in [2.05, 4.69) is 19.9 Å². The molecule has 0 atom stereocenters. The number of nitrogens with zero attached hydrogens (tertiary/aromatic N) is 2. The van der Waals surface area contributed by atoms with Crippen LogP contribution in [0.5, 0.6) is 0 Å². The molecule has 9 heteroatoms. The minimum atomic E-state index is -3.73. The molecule has 0 aliphatic heterocycles. The van der Waals surface area contributed by atoms with Crippen LogP contribution in [0.4, 0.5) is 5.82 Å². The van der Waals surface area contributed by atoms with Crippen LogP contribution in [0.2, 0.25) is 0 Å². The molecule has 2 aromatic heterocycles. The highest BCUT2D eigenvalue weighted by Crippen LogP contribution is 2.32. The summed E-state index contributed by atoms with van der Waals surface area (Å²) < 4.78 is 28.5. The number of fused-ring (bicyclic) bond motifs is 1. The van der Waals surface area contributed by atoms with Crippen molar-refractivity contribution in [3.8, 4) is 11.3 Å². The predicted octanol–water partition coefficient (Wildman–Crippen LogP) is 2.10. The molecule has 148 valence electrons. The van der Waals surface area contributed by atoms with E-state index in [4.69, 9.17) is 5.73 Å². The first-order valence-electron chi connectivity index (χ1n) is 9.20. The molecule has 1 aliphatic rings. The molecule has 0 unspecified atom stereocenters. The number of aliphatic hydroxyl groups excluding tert-OH is 1. The summed E-state index contributed by atoms with van der Waals surface area (Å²) in [6.45, 7) is 1.65. The topological polar surface area (TPSA) is 134 Å². The van der Waals surface area contributed by atoms with Crippen molar-refractivity contribution in [2.24, 2.45) is 0 Å². The number of aliphatic hydroxyl groups is 1. The molecule has 8 nitrogen and oxygen atoms in total. The van der Waals surface area contributed by atoms with Gasteiger partial charge in [0, 0.05) is 5.56 Å². The van der Waals surface area contributed by atoms with E-state index in [0.717, 1.165) is 29.5 Å². The Labute approximate surface area is 163 Å². The minimum absolute atomic E-state index is 0.178. The maximum atomic E-state index is 12.9. The summed E-state index contributed by atoms with van der Waals surface area (Å²) in [5.41, 5.74) is 8.70. The van der Waals surface area contributed by atoms with Crippen molar-refractivity contribution >= 4 is 26.9 Å². The Morgan fingerprint density at radius 1 is 1.25 bits per heavy atom. The quantitative estimate of drug-likeness (QED) is 0.517. The molecule has 2 heterocycles. The number of benzene rings is 1. The molecule has 1 aromatic carbocycles. The first-order chi connectivity index (χ1) is 13.3. The molecular weight excluding hydrogens is 378 g/mol. The van der Waals surface area contributed by atoms with E-state index in [1.54, 1.807) is 18.2 Å². The predicted molar refractivity (Wildman–Crippen MR) is 107 cm³/mol. The van der Waals surface area contributed by atoms with Crippen molar-refractivity contribution in [1.82, 2.24) is 19.9 Å². The third-order valence-electron chi connectivity index (χ3n) is 5.43. The Bertz CT molecular complexity index is 1130. The van der Waals surface area contributed by atoms with Gasteiger partial charge >= 0.3 is 0 Å². The van der Waals surface area contributed by atoms with Gasteiger partial charge < -0.3 is 10.8 Å². The van der Waals surface area contributed by atoms with Crippen LogP contribution >= 0.6 is 0 Å². The second-order valence-corrected chi connectivity index (χ2v) is 9.11. The van der Waals surface area contributed by atoms with E-state index >= 15 is 0 Å². The van der Waals surface area contributed by atoms with E-state index in [9.17, 15) is 13.5 Å². The number of nitrogens with one attached hydrogen (secondary N) is 2. The second-order valence-electron chi connectivity index (χ2n) is 7.43. The smallest absolute Gasteiger partial charge is 0.241 e. The van der Waals surface area contributed by atoms with Gasteiger partial charge in [-0.15, -0.1) is 0 Å². The zero-order chi connectivity index (χ0) is 19.9. The largest absolute Gasteiger partial charge is 0.394 e. The van der Waals surface area contributed by atoms with Gasteiger partial charge in [0.1, 0.15) is 5.52 Å². The van der Waals surface area contributed by atoms with Crippen LogP contribution in [0.1, 0.15) is 31.2 Å². The highest BCUT2D eigenvalue weighted by atomic mass is 32.2. The van der Waals surface area contributed by atoms with Crippen molar-refractivity contribution in [2.45, 2.75) is 43.0 Å². The zero-order valence-corrected chi connectivity index (χ0v) is 16.4. The number of H-pyrrole nitrogens is 1. The van der Waals surface area contributed by atoms with Gasteiger partial charge in [-0.05, 0) is 49.6 Å². The van der Waals surface area contributed by atoms with Crippen LogP contribution in [0.15, 0.2) is 35.2 Å². The van der Waals surface area contributed by atoms with E-state index in [1.165, 1.54) is 0 Å². The third kappa shape index (κ3) is 3.25. The highest BCUT2D eigenvalue weighted by Gasteiger charge is 2.37. The van der Waals surface area contributed by atoms with Crippen molar-refractivity contribution in [3.63, 3.8) is 0 Å². The number of aromatic nitrogens is 3. The number of pyridine rings is 1. The van der Waals surface area contributed by atoms with Crippen molar-refractivity contribution in [2.75, 3.05) is 12.3 Å². The number of nitrogen functional groups attached to an aromatic ring is 1. The fourth-order valence-electron chi connectivity index (χ4n) is 3.85. The lowest BCUT2D eigenvalue weighted by molar-refractivity contribution is 0.185. The molecule has 0 bridgehead atoms. The van der Waals surface area contributed by atoms with E-state index in [1.807, 2.05) is 19.1 Å². The number of rotatable bonds is 5. The molecule has 0 amide bonds. The van der Waals surface area contributed by atoms with E-state index in [-0.39, 0.29) is 11.5 Å². The van der Waals surface area contributed by atoms with Gasteiger partial charge in [0.2, 0.25) is 10.0 Å². The van der Waals surface area contributed by atoms with Gasteiger partial charge in [0.05, 0.1) is 28.3 Å². The lowest BCUT2D eigenvalue weighted by Crippen LogP contribution is -2.49. The summed E-state index contributed by atoms with van der Waals surface area (Å²) >= 11 is 0. The molecule has 0 saturated heterocycles. The molecule has 3 aromatic rings. The van der Waals surface area contributed by atoms with Gasteiger partial charge in [0.15, 0.2) is 5.82 Å². The fourth-order valence-corrected chi connectivity index (χ4v) is 5.38. The minimum Gasteiger partial charge on any atom is -0.394 e. The summed E-state index contributed by atoms with van der Waals surface area (Å²) in [5.74, 6) is 0.323. The zero-order valence-electron chi connectivity index (χ0n) is 15.6. The molecule has 0 radical (unpaired) electrons. The van der Waals surface area contributed by atoms with Crippen LogP contribution < -0.4 is 10.5 Å². The number of hydrogen-bond acceptors (Lipinski definition) is 6. The van der Waals surface area contributed by atoms with Crippen LogP contribution in [0, 0.1) is 6.92 Å². The Hall–Kier alpha value is -2.49. The first-order valence-corrected chi connectivity index (χ1v) is 10.7. The number of nitrogens with two attached hydrogens (primary N) is 1. The summed E-state index contributed by atoms with van der Waals surface area (Å²) in [4.78, 5) is 4.73. The SMILES string of the molecule is Cc1cc(S(=O)(=O)NC2(CO)CCCC2)ccc1-c1ccc2[nH]nc(N)c2n1. The Morgan fingerprint density at radius 2 is 2.00 bits per heavy atom. The van der Waals surface area contributed by atoms with Gasteiger partial charge in [-0.3, -0.25) is 5.10 Å². The number of aromatic amines is 1. The lowest BCUT2D eigenvalue weighted by Gasteiger charge is -2.27. The summed E-state index contributed by atoms with van der Waals surface area (Å²) in [6, 6.07) is 8.62. The molecule has 1 fully saturated rings. The first kappa shape index (κ1) is 18.9. The monoisotopic (exact) mass is 401 g/mol. The molecule has 1 saturated carbocycles. The maximum Gasteiger partial charge on any atom is 0.241 e. The third-order valence-corrected chi connectivity index (χ3v) is 7.01. The number of sulfonamides is 1. The molecule has 5 N–H and O–H groups in total. The lowest BCUT2D eigenvalue weighted by atomic mass is 10.0. The molecule has 28 heavy (non-hydrogen) atoms. The van der Waals surface area contributed by atoms with Gasteiger partial charge in [0.25, 0.3) is 0 Å². The average Bonchev–Trinajstić information content (AvgIpc) is 3.28. The highest BCUT2D eigenvalue weighted by molar-refractivity contribution is 7.89.